The van der Waals surface area contributed by atoms with Crippen LogP contribution in [-0.2, 0) is 4.79 Å². The topological polar surface area (TPSA) is 54.0 Å². The summed E-state index contributed by atoms with van der Waals surface area (Å²) in [6.07, 6.45) is 1.49. The summed E-state index contributed by atoms with van der Waals surface area (Å²) in [7, 11) is 0. The summed E-state index contributed by atoms with van der Waals surface area (Å²) in [4.78, 5) is 16.6. The molecule has 1 aliphatic heterocycles. The van der Waals surface area contributed by atoms with Gasteiger partial charge >= 0.3 is 0 Å². The van der Waals surface area contributed by atoms with E-state index in [2.05, 4.69) is 27.8 Å². The number of carbonyl (C=O) groups is 1. The van der Waals surface area contributed by atoms with Gasteiger partial charge in [-0.05, 0) is 35.4 Å². The summed E-state index contributed by atoms with van der Waals surface area (Å²) in [6, 6.07) is 20.7. The molecule has 0 bridgehead atoms. The van der Waals surface area contributed by atoms with Gasteiger partial charge in [-0.15, -0.1) is 0 Å². The van der Waals surface area contributed by atoms with Crippen molar-refractivity contribution >= 4 is 11.6 Å². The van der Waals surface area contributed by atoms with Crippen LogP contribution in [0, 0.1) is 11.9 Å². The van der Waals surface area contributed by atoms with Gasteiger partial charge in [-0.3, -0.25) is 4.79 Å². The number of amides is 1. The molecule has 2 aromatic carbocycles. The largest absolute Gasteiger partial charge is 0.326 e. The fraction of sp³-hybridized carbons (Fsp3) is 0.182. The highest BCUT2D eigenvalue weighted by Crippen LogP contribution is 2.29. The van der Waals surface area contributed by atoms with E-state index in [4.69, 9.17) is 0 Å². The molecule has 0 radical (unpaired) electrons. The zero-order valence-corrected chi connectivity index (χ0v) is 14.7. The molecule has 1 aromatic heterocycles. The molecule has 5 heteroatoms. The molecule has 136 valence electrons. The number of hydrogen-bond donors (Lipinski definition) is 2. The molecule has 27 heavy (non-hydrogen) atoms. The molecule has 0 aliphatic carbocycles. The summed E-state index contributed by atoms with van der Waals surface area (Å²) in [6.45, 7) is 1.45. The molecule has 1 amide bonds. The first-order chi connectivity index (χ1) is 13.2. The molecule has 2 heterocycles. The number of nitrogens with one attached hydrogen (secondary N) is 2. The van der Waals surface area contributed by atoms with Crippen LogP contribution in [0.1, 0.15) is 11.5 Å². The summed E-state index contributed by atoms with van der Waals surface area (Å²) in [5.74, 6) is -0.466. The lowest BCUT2D eigenvalue weighted by atomic mass is 9.88. The number of aromatic nitrogens is 1. The predicted molar refractivity (Wildman–Crippen MR) is 104 cm³/mol. The smallest absolute Gasteiger partial charge is 0.229 e. The van der Waals surface area contributed by atoms with Gasteiger partial charge in [-0.25, -0.2) is 4.98 Å². The third-order valence-corrected chi connectivity index (χ3v) is 4.97. The summed E-state index contributed by atoms with van der Waals surface area (Å²) in [5, 5.41) is 6.36. The Morgan fingerprint density at radius 2 is 1.85 bits per heavy atom. The van der Waals surface area contributed by atoms with E-state index in [-0.39, 0.29) is 17.7 Å². The van der Waals surface area contributed by atoms with Crippen LogP contribution in [0.25, 0.3) is 11.1 Å². The van der Waals surface area contributed by atoms with Gasteiger partial charge in [0, 0.05) is 36.5 Å². The molecule has 4 rings (SSSR count). The van der Waals surface area contributed by atoms with Crippen molar-refractivity contribution in [2.24, 2.45) is 5.92 Å². The molecular formula is C22H20FN3O. The first kappa shape index (κ1) is 17.4. The fourth-order valence-corrected chi connectivity index (χ4v) is 3.56. The van der Waals surface area contributed by atoms with Gasteiger partial charge in [0.05, 0.1) is 5.92 Å². The van der Waals surface area contributed by atoms with Crippen LogP contribution >= 0.6 is 0 Å². The van der Waals surface area contributed by atoms with Gasteiger partial charge < -0.3 is 10.6 Å². The number of anilines is 1. The Bertz CT molecular complexity index is 928. The molecule has 4 nitrogen and oxygen atoms in total. The van der Waals surface area contributed by atoms with Gasteiger partial charge in [0.15, 0.2) is 0 Å². The molecule has 1 aliphatic rings. The Balaban J connectivity index is 1.51. The van der Waals surface area contributed by atoms with Gasteiger partial charge in [0.2, 0.25) is 11.9 Å². The predicted octanol–water partition coefficient (Wildman–Crippen LogP) is 3.83. The van der Waals surface area contributed by atoms with Crippen molar-refractivity contribution in [1.82, 2.24) is 10.3 Å². The van der Waals surface area contributed by atoms with Crippen molar-refractivity contribution in [2.75, 3.05) is 18.4 Å². The average molecular weight is 361 g/mol. The van der Waals surface area contributed by atoms with Crippen LogP contribution in [0.2, 0.25) is 0 Å². The lowest BCUT2D eigenvalue weighted by molar-refractivity contribution is -0.119. The zero-order valence-electron chi connectivity index (χ0n) is 14.7. The molecule has 1 fully saturated rings. The minimum Gasteiger partial charge on any atom is -0.326 e. The van der Waals surface area contributed by atoms with E-state index in [1.165, 1.54) is 17.8 Å². The van der Waals surface area contributed by atoms with Gasteiger partial charge in [-0.2, -0.15) is 4.39 Å². The highest BCUT2D eigenvalue weighted by Gasteiger charge is 2.33. The van der Waals surface area contributed by atoms with E-state index in [1.54, 1.807) is 6.07 Å². The molecule has 0 spiro atoms. The summed E-state index contributed by atoms with van der Waals surface area (Å²) >= 11 is 0. The summed E-state index contributed by atoms with van der Waals surface area (Å²) < 4.78 is 13.0. The van der Waals surface area contributed by atoms with Gasteiger partial charge in [0.25, 0.3) is 0 Å². The standard InChI is InChI=1S/C22H20FN3O/c23-21-10-9-17(12-25-21)16-7-4-8-18(11-16)26-22(27)20-14-24-13-19(20)15-5-2-1-3-6-15/h1-12,19-20,24H,13-14H2,(H,26,27)/t19-,20+/m0/s1. The Hall–Kier alpha value is -3.05. The van der Waals surface area contributed by atoms with E-state index < -0.39 is 5.95 Å². The quantitative estimate of drug-likeness (QED) is 0.695. The number of hydrogen-bond acceptors (Lipinski definition) is 3. The first-order valence-electron chi connectivity index (χ1n) is 8.99. The van der Waals surface area contributed by atoms with Crippen LogP contribution in [0.5, 0.6) is 0 Å². The Kier molecular flexibility index (Phi) is 4.94. The number of carbonyl (C=O) groups excluding carboxylic acids is 1. The van der Waals surface area contributed by atoms with E-state index in [1.807, 2.05) is 42.5 Å². The van der Waals surface area contributed by atoms with Crippen LogP contribution in [-0.4, -0.2) is 24.0 Å². The monoisotopic (exact) mass is 361 g/mol. The van der Waals surface area contributed by atoms with Crippen molar-refractivity contribution in [2.45, 2.75) is 5.92 Å². The third-order valence-electron chi connectivity index (χ3n) is 4.97. The van der Waals surface area contributed by atoms with Crippen molar-refractivity contribution in [3.8, 4) is 11.1 Å². The molecular weight excluding hydrogens is 341 g/mol. The second kappa shape index (κ2) is 7.68. The van der Waals surface area contributed by atoms with Crippen LogP contribution in [0.15, 0.2) is 72.9 Å². The SMILES string of the molecule is O=C(Nc1cccc(-c2ccc(F)nc2)c1)[C@@H]1CNC[C@H]1c1ccccc1. The third kappa shape index (κ3) is 3.88. The average Bonchev–Trinajstić information content (AvgIpc) is 3.19. The lowest BCUT2D eigenvalue weighted by Gasteiger charge is -2.19. The number of rotatable bonds is 4. The number of halogens is 1. The van der Waals surface area contributed by atoms with E-state index in [0.717, 1.165) is 23.4 Å². The normalized spacial score (nSPS) is 19.0. The van der Waals surface area contributed by atoms with Gasteiger partial charge in [-0.1, -0.05) is 42.5 Å². The molecule has 0 saturated carbocycles. The fourth-order valence-electron chi connectivity index (χ4n) is 3.56. The molecule has 3 aromatic rings. The van der Waals surface area contributed by atoms with Crippen LogP contribution < -0.4 is 10.6 Å². The highest BCUT2D eigenvalue weighted by atomic mass is 19.1. The van der Waals surface area contributed by atoms with Crippen molar-refractivity contribution in [3.05, 3.63) is 84.4 Å². The molecule has 1 saturated heterocycles. The summed E-state index contributed by atoms with van der Waals surface area (Å²) in [5.41, 5.74) is 3.58. The van der Waals surface area contributed by atoms with Crippen LogP contribution in [0.4, 0.5) is 10.1 Å². The van der Waals surface area contributed by atoms with Crippen molar-refractivity contribution < 1.29 is 9.18 Å². The molecule has 0 unspecified atom stereocenters. The minimum absolute atomic E-state index is 0.00299. The van der Waals surface area contributed by atoms with Crippen LogP contribution in [0.3, 0.4) is 0 Å². The van der Waals surface area contributed by atoms with Crippen molar-refractivity contribution in [3.63, 3.8) is 0 Å². The Morgan fingerprint density at radius 1 is 1.00 bits per heavy atom. The lowest BCUT2D eigenvalue weighted by Crippen LogP contribution is -2.28. The number of nitrogens with zero attached hydrogens (tertiary/aromatic N) is 1. The maximum atomic E-state index is 13.0. The zero-order chi connectivity index (χ0) is 18.6. The first-order valence-corrected chi connectivity index (χ1v) is 8.99. The van der Waals surface area contributed by atoms with Crippen molar-refractivity contribution in [1.29, 1.82) is 0 Å². The second-order valence-electron chi connectivity index (χ2n) is 6.72. The maximum absolute atomic E-state index is 13.0. The second-order valence-corrected chi connectivity index (χ2v) is 6.72. The van der Waals surface area contributed by atoms with E-state index in [0.29, 0.717) is 6.54 Å². The minimum atomic E-state index is -0.510. The van der Waals surface area contributed by atoms with Gasteiger partial charge in [0.1, 0.15) is 0 Å². The highest BCUT2D eigenvalue weighted by molar-refractivity contribution is 5.94. The molecule has 2 atom stereocenters. The number of pyridine rings is 1. The number of benzene rings is 2. The Morgan fingerprint density at radius 3 is 2.63 bits per heavy atom. The van der Waals surface area contributed by atoms with E-state index in [9.17, 15) is 9.18 Å². The molecule has 2 N–H and O–H groups in total. The Labute approximate surface area is 157 Å². The maximum Gasteiger partial charge on any atom is 0.229 e. The van der Waals surface area contributed by atoms with E-state index >= 15 is 0 Å².